The van der Waals surface area contributed by atoms with Gasteiger partial charge >= 0.3 is 0 Å². The van der Waals surface area contributed by atoms with E-state index in [9.17, 15) is 4.79 Å². The van der Waals surface area contributed by atoms with Crippen molar-refractivity contribution in [3.63, 3.8) is 0 Å². The molecule has 0 unspecified atom stereocenters. The van der Waals surface area contributed by atoms with Crippen molar-refractivity contribution in [3.05, 3.63) is 75.0 Å². The van der Waals surface area contributed by atoms with Crippen LogP contribution in [0.2, 0.25) is 0 Å². The minimum absolute atomic E-state index is 0.198. The molecule has 2 heterocycles. The second kappa shape index (κ2) is 7.03. The summed E-state index contributed by atoms with van der Waals surface area (Å²) in [4.78, 5) is 13.5. The number of thiazole rings is 1. The lowest BCUT2D eigenvalue weighted by atomic mass is 10.2. The Hall–Kier alpha value is -2.88. The molecule has 9 heteroatoms. The van der Waals surface area contributed by atoms with Crippen LogP contribution in [0.15, 0.2) is 60.7 Å². The van der Waals surface area contributed by atoms with Crippen molar-refractivity contribution in [1.82, 2.24) is 19.3 Å². The third-order valence-electron chi connectivity index (χ3n) is 3.96. The second-order valence-corrected chi connectivity index (χ2v) is 7.64. The quantitative estimate of drug-likeness (QED) is 0.487. The summed E-state index contributed by atoms with van der Waals surface area (Å²) in [5, 5.41) is 6.92. The molecule has 0 spiro atoms. The van der Waals surface area contributed by atoms with Gasteiger partial charge in [-0.05, 0) is 48.7 Å². The van der Waals surface area contributed by atoms with E-state index in [0.29, 0.717) is 26.0 Å². The molecule has 0 saturated heterocycles. The molecule has 0 aliphatic rings. The number of nitrogens with one attached hydrogen (secondary N) is 1. The largest absolute Gasteiger partial charge is 0.383 e. The van der Waals surface area contributed by atoms with Gasteiger partial charge in [0.25, 0.3) is 5.91 Å². The van der Waals surface area contributed by atoms with Gasteiger partial charge in [0.1, 0.15) is 10.7 Å². The predicted molar refractivity (Wildman–Crippen MR) is 111 cm³/mol. The lowest BCUT2D eigenvalue weighted by molar-refractivity contribution is 0.0960. The van der Waals surface area contributed by atoms with Crippen molar-refractivity contribution in [2.75, 3.05) is 5.73 Å². The van der Waals surface area contributed by atoms with Crippen LogP contribution < -0.4 is 5.73 Å². The Kier molecular flexibility index (Phi) is 4.56. The van der Waals surface area contributed by atoms with E-state index in [-0.39, 0.29) is 10.7 Å². The van der Waals surface area contributed by atoms with Crippen molar-refractivity contribution in [1.29, 1.82) is 0 Å². The minimum Gasteiger partial charge on any atom is -0.383 e. The summed E-state index contributed by atoms with van der Waals surface area (Å²) in [6.45, 7) is 0. The third kappa shape index (κ3) is 3.05. The molecule has 0 aliphatic carbocycles. The maximum absolute atomic E-state index is 13.0. The maximum Gasteiger partial charge on any atom is 0.265 e. The summed E-state index contributed by atoms with van der Waals surface area (Å²) in [6, 6.07) is 18.4. The minimum atomic E-state index is -0.283. The van der Waals surface area contributed by atoms with Gasteiger partial charge in [0.05, 0.1) is 0 Å². The standard InChI is InChI=1S/C18H13N5OS3/c19-14-13(27-18(26)22(14)12-9-5-2-6-10-12)15-20-21-17(25)23(15)16(24)11-7-3-1-4-8-11/h1-10H,19H2,(H,21,25). The van der Waals surface area contributed by atoms with Gasteiger partial charge in [-0.15, -0.1) is 0 Å². The van der Waals surface area contributed by atoms with E-state index in [2.05, 4.69) is 10.2 Å². The molecule has 6 nitrogen and oxygen atoms in total. The van der Waals surface area contributed by atoms with E-state index in [1.165, 1.54) is 15.9 Å². The van der Waals surface area contributed by atoms with Crippen molar-refractivity contribution >= 4 is 47.5 Å². The number of nitrogens with zero attached hydrogens (tertiary/aromatic N) is 3. The number of carbonyl (C=O) groups is 1. The zero-order valence-corrected chi connectivity index (χ0v) is 16.3. The number of para-hydroxylation sites is 1. The number of nitrogen functional groups attached to an aromatic ring is 1. The van der Waals surface area contributed by atoms with Gasteiger partial charge in [0.15, 0.2) is 9.78 Å². The molecular formula is C18H13N5OS3. The van der Waals surface area contributed by atoms with Crippen molar-refractivity contribution in [2.24, 2.45) is 0 Å². The molecular weight excluding hydrogens is 398 g/mol. The van der Waals surface area contributed by atoms with E-state index in [1.807, 2.05) is 36.4 Å². The summed E-state index contributed by atoms with van der Waals surface area (Å²) in [7, 11) is 0. The predicted octanol–water partition coefficient (Wildman–Crippen LogP) is 4.46. The molecule has 0 aliphatic heterocycles. The fourth-order valence-corrected chi connectivity index (χ4v) is 4.28. The van der Waals surface area contributed by atoms with E-state index < -0.39 is 0 Å². The van der Waals surface area contributed by atoms with Crippen LogP contribution in [0.4, 0.5) is 5.82 Å². The van der Waals surface area contributed by atoms with Gasteiger partial charge in [-0.1, -0.05) is 47.7 Å². The first-order valence-corrected chi connectivity index (χ1v) is 9.55. The third-order valence-corrected chi connectivity index (χ3v) is 5.62. The molecule has 2 aromatic carbocycles. The number of hydrogen-bond acceptors (Lipinski definition) is 6. The molecule has 27 heavy (non-hydrogen) atoms. The Labute approximate surface area is 168 Å². The molecule has 0 amide bonds. The first-order valence-electron chi connectivity index (χ1n) is 7.92. The number of H-pyrrole nitrogens is 1. The van der Waals surface area contributed by atoms with Crippen molar-refractivity contribution in [3.8, 4) is 16.4 Å². The normalized spacial score (nSPS) is 10.8. The van der Waals surface area contributed by atoms with Gasteiger partial charge in [0.2, 0.25) is 4.77 Å². The van der Waals surface area contributed by atoms with Crippen LogP contribution >= 0.6 is 35.8 Å². The van der Waals surface area contributed by atoms with Crippen LogP contribution in [0, 0.1) is 8.73 Å². The number of benzene rings is 2. The molecule has 0 saturated carbocycles. The summed E-state index contributed by atoms with van der Waals surface area (Å²) in [5.74, 6) is 0.471. The average molecular weight is 412 g/mol. The van der Waals surface area contributed by atoms with Crippen LogP contribution in [0.1, 0.15) is 10.4 Å². The summed E-state index contributed by atoms with van der Waals surface area (Å²) in [6.07, 6.45) is 0. The van der Waals surface area contributed by atoms with Crippen LogP contribution in [-0.4, -0.2) is 25.2 Å². The first kappa shape index (κ1) is 17.5. The van der Waals surface area contributed by atoms with E-state index in [4.69, 9.17) is 30.2 Å². The highest BCUT2D eigenvalue weighted by molar-refractivity contribution is 7.73. The number of hydrogen-bond donors (Lipinski definition) is 2. The molecule has 4 rings (SSSR count). The SMILES string of the molecule is Nc1c(-c2n[nH]c(=S)n2C(=O)c2ccccc2)sc(=S)n1-c1ccccc1. The number of nitrogens with two attached hydrogens (primary N) is 1. The van der Waals surface area contributed by atoms with E-state index >= 15 is 0 Å². The molecule has 0 atom stereocenters. The number of aromatic amines is 1. The lowest BCUT2D eigenvalue weighted by Gasteiger charge is -2.07. The highest BCUT2D eigenvalue weighted by atomic mass is 32.1. The Bertz CT molecular complexity index is 1240. The van der Waals surface area contributed by atoms with Gasteiger partial charge in [0, 0.05) is 11.3 Å². The van der Waals surface area contributed by atoms with Crippen LogP contribution in [0.5, 0.6) is 0 Å². The summed E-state index contributed by atoms with van der Waals surface area (Å²) >= 11 is 12.1. The number of carbonyl (C=O) groups excluding carboxylic acids is 1. The zero-order valence-electron chi connectivity index (χ0n) is 13.8. The molecule has 134 valence electrons. The Morgan fingerprint density at radius 3 is 2.33 bits per heavy atom. The summed E-state index contributed by atoms with van der Waals surface area (Å²) in [5.41, 5.74) is 7.73. The van der Waals surface area contributed by atoms with Gasteiger partial charge in [-0.2, -0.15) is 5.10 Å². The Morgan fingerprint density at radius 2 is 1.67 bits per heavy atom. The average Bonchev–Trinajstić information content (AvgIpc) is 3.21. The molecule has 3 N–H and O–H groups in total. The topological polar surface area (TPSA) is 81.6 Å². The lowest BCUT2D eigenvalue weighted by Crippen LogP contribution is -2.14. The smallest absolute Gasteiger partial charge is 0.265 e. The van der Waals surface area contributed by atoms with Crippen LogP contribution in [-0.2, 0) is 0 Å². The fourth-order valence-electron chi connectivity index (χ4n) is 2.71. The van der Waals surface area contributed by atoms with E-state index in [0.717, 1.165) is 5.69 Å². The molecule has 0 radical (unpaired) electrons. The summed E-state index contributed by atoms with van der Waals surface area (Å²) < 4.78 is 3.85. The van der Waals surface area contributed by atoms with Crippen molar-refractivity contribution < 1.29 is 4.79 Å². The zero-order chi connectivity index (χ0) is 19.0. The molecule has 0 bridgehead atoms. The highest BCUT2D eigenvalue weighted by Crippen LogP contribution is 2.34. The highest BCUT2D eigenvalue weighted by Gasteiger charge is 2.22. The Balaban J connectivity index is 1.89. The van der Waals surface area contributed by atoms with Crippen molar-refractivity contribution in [2.45, 2.75) is 0 Å². The molecule has 0 fully saturated rings. The van der Waals surface area contributed by atoms with Crippen LogP contribution in [0.25, 0.3) is 16.4 Å². The number of rotatable bonds is 3. The molecule has 2 aromatic heterocycles. The first-order chi connectivity index (χ1) is 13.1. The number of anilines is 1. The Morgan fingerprint density at radius 1 is 1.04 bits per heavy atom. The molecule has 4 aromatic rings. The maximum atomic E-state index is 13.0. The number of aromatic nitrogens is 4. The van der Waals surface area contributed by atoms with E-state index in [1.54, 1.807) is 28.8 Å². The second-order valence-electron chi connectivity index (χ2n) is 5.61. The monoisotopic (exact) mass is 411 g/mol. The van der Waals surface area contributed by atoms with Gasteiger partial charge < -0.3 is 5.73 Å². The fraction of sp³-hybridized carbons (Fsp3) is 0. The van der Waals surface area contributed by atoms with Gasteiger partial charge in [-0.25, -0.2) is 4.57 Å². The van der Waals surface area contributed by atoms with Gasteiger partial charge in [-0.3, -0.25) is 14.5 Å². The van der Waals surface area contributed by atoms with Crippen LogP contribution in [0.3, 0.4) is 0 Å².